The fraction of sp³-hybridized carbons (Fsp3) is 0.486. The highest BCUT2D eigenvalue weighted by atomic mass is 32.2. The van der Waals surface area contributed by atoms with Crippen LogP contribution in [-0.4, -0.2) is 154 Å². The van der Waals surface area contributed by atoms with Crippen LogP contribution in [0.4, 0.5) is 0 Å². The largest absolute Gasteiger partial charge is 0.480 e. The lowest BCUT2D eigenvalue weighted by Gasteiger charge is -2.23. The van der Waals surface area contributed by atoms with Gasteiger partial charge in [0.25, 0.3) is 0 Å². The highest BCUT2D eigenvalue weighted by molar-refractivity contribution is 7.99. The van der Waals surface area contributed by atoms with Crippen molar-refractivity contribution in [2.45, 2.75) is 87.0 Å². The van der Waals surface area contributed by atoms with Gasteiger partial charge < -0.3 is 53.2 Å². The number of hydrogen-bond donors (Lipinski definition) is 10. The number of carboxylic acids is 4. The number of nitrogens with one attached hydrogen (secondary N) is 4. The maximum absolute atomic E-state index is 14.1. The van der Waals surface area contributed by atoms with Gasteiger partial charge in [-0.2, -0.15) is 0 Å². The molecule has 2 heterocycles. The van der Waals surface area contributed by atoms with Crippen molar-refractivity contribution in [2.24, 2.45) is 11.5 Å². The number of amides is 4. The van der Waals surface area contributed by atoms with E-state index in [1.165, 1.54) is 32.2 Å². The van der Waals surface area contributed by atoms with E-state index in [-0.39, 0.29) is 47.3 Å². The molecule has 0 fully saturated rings. The Hall–Kier alpha value is -6.45. The normalized spacial score (nSPS) is 13.7. The predicted octanol–water partition coefficient (Wildman–Crippen LogP) is -1.97. The summed E-state index contributed by atoms with van der Waals surface area (Å²) in [5.74, 6) is -11.3. The Bertz CT molecular complexity index is 1940. The number of carbonyl (C=O) groups excluding carboxylic acids is 7. The summed E-state index contributed by atoms with van der Waals surface area (Å²) in [7, 11) is 0. The van der Waals surface area contributed by atoms with Crippen LogP contribution in [0.2, 0.25) is 0 Å². The average molecular weight is 937 g/mol. The van der Waals surface area contributed by atoms with E-state index < -0.39 is 138 Å². The van der Waals surface area contributed by atoms with Crippen LogP contribution in [0.5, 0.6) is 0 Å². The summed E-state index contributed by atoms with van der Waals surface area (Å²) in [4.78, 5) is 152. The molecule has 0 aliphatic carbocycles. The lowest BCUT2D eigenvalue weighted by molar-refractivity contribution is -0.140. The number of carboxylic acid groups (broad SMARTS) is 4. The molecule has 2 rings (SSSR count). The molecule has 4 amide bonds. The number of aliphatic carboxylic acids is 4. The predicted molar refractivity (Wildman–Crippen MR) is 224 cm³/mol. The molecule has 12 N–H and O–H groups in total. The van der Waals surface area contributed by atoms with Gasteiger partial charge >= 0.3 is 23.9 Å². The summed E-state index contributed by atoms with van der Waals surface area (Å²) in [5, 5.41) is 43.5. The molecule has 0 spiro atoms. The van der Waals surface area contributed by atoms with E-state index in [9.17, 15) is 52.7 Å². The number of aromatic nitrogens is 4. The molecule has 0 aliphatic rings. The second-order valence-corrected chi connectivity index (χ2v) is 16.2. The van der Waals surface area contributed by atoms with E-state index in [1.54, 1.807) is 0 Å². The summed E-state index contributed by atoms with van der Waals surface area (Å²) in [6, 6.07) is -3.08. The van der Waals surface area contributed by atoms with Gasteiger partial charge in [-0.3, -0.25) is 52.7 Å². The maximum atomic E-state index is 14.1. The van der Waals surface area contributed by atoms with E-state index >= 15 is 0 Å². The van der Waals surface area contributed by atoms with Crippen molar-refractivity contribution in [3.8, 4) is 0 Å². The molecular weight excluding hydrogens is 889 g/mol. The first-order valence-corrected chi connectivity index (χ1v) is 21.1. The van der Waals surface area contributed by atoms with E-state index in [1.807, 2.05) is 0 Å². The van der Waals surface area contributed by atoms with Gasteiger partial charge in [0.1, 0.15) is 66.6 Å². The second kappa shape index (κ2) is 26.9. The lowest BCUT2D eigenvalue weighted by Crippen LogP contribution is -2.49. The quantitative estimate of drug-likeness (QED) is 0.0380. The van der Waals surface area contributed by atoms with E-state index in [4.69, 9.17) is 31.9 Å². The first-order valence-electron chi connectivity index (χ1n) is 19.0. The van der Waals surface area contributed by atoms with Crippen molar-refractivity contribution >= 4 is 88.4 Å². The summed E-state index contributed by atoms with van der Waals surface area (Å²) in [6.45, 7) is 0.804. The molecule has 348 valence electrons. The van der Waals surface area contributed by atoms with Gasteiger partial charge in [-0.1, -0.05) is 0 Å². The SMILES string of the molecule is CC(=O)c1cc(C(CC(=O)CC(SCC(NC(=O)CCC(N)C(=O)O)C(=O)NCC(=O)O)c2nccc(C(C)=O)n2)SCC(NC(=O)CCC(N)C(=O)O)C(=O)NCC(=O)O)ncn1. The van der Waals surface area contributed by atoms with Crippen LogP contribution in [0.1, 0.15) is 95.4 Å². The third kappa shape index (κ3) is 19.7. The zero-order valence-electron chi connectivity index (χ0n) is 34.4. The molecule has 2 aromatic rings. The summed E-state index contributed by atoms with van der Waals surface area (Å²) >= 11 is 1.77. The molecule has 0 radical (unpaired) electrons. The zero-order chi connectivity index (χ0) is 48.1. The third-order valence-corrected chi connectivity index (χ3v) is 11.2. The number of ketones is 3. The van der Waals surface area contributed by atoms with Crippen molar-refractivity contribution in [2.75, 3.05) is 24.6 Å². The summed E-state index contributed by atoms with van der Waals surface area (Å²) in [6.07, 6.45) is 0.0261. The van der Waals surface area contributed by atoms with Crippen LogP contribution in [0.25, 0.3) is 0 Å². The number of hydrogen-bond acceptors (Lipinski definition) is 19. The number of nitrogens with two attached hydrogens (primary N) is 2. The van der Waals surface area contributed by atoms with Crippen molar-refractivity contribution in [3.05, 3.63) is 47.6 Å². The topological polar surface area (TPSA) is 420 Å². The molecule has 2 aromatic heterocycles. The zero-order valence-corrected chi connectivity index (χ0v) is 36.0. The van der Waals surface area contributed by atoms with Crippen LogP contribution in [-0.2, 0) is 43.2 Å². The fourth-order valence-electron chi connectivity index (χ4n) is 5.15. The van der Waals surface area contributed by atoms with Crippen molar-refractivity contribution in [3.63, 3.8) is 0 Å². The van der Waals surface area contributed by atoms with Gasteiger partial charge in [0.2, 0.25) is 23.6 Å². The number of carbonyl (C=O) groups is 11. The number of nitrogens with zero attached hydrogens (tertiary/aromatic N) is 4. The number of rotatable bonds is 30. The highest BCUT2D eigenvalue weighted by Crippen LogP contribution is 2.36. The molecule has 6 unspecified atom stereocenters. The standard InChI is InChI=1S/C37H48N10O15S2/c1-17(48)22-7-8-40-33(47-22)28(64-15-26(35(58)42-13-32(55)56)46-30(52)6-4-21(39)37(61)62)10-19(50)9-27(24-11-23(18(2)49)43-16-44-24)63-14-25(34(57)41-12-31(53)54)45-29(51)5-3-20(38)36(59)60/h7-8,11,16,20-21,25-28H,3-6,9-10,12-15,38-39H2,1-2H3,(H,41,57)(H,42,58)(H,45,51)(H,46,52)(H,53,54)(H,55,56)(H,59,60)(H,61,62). The van der Waals surface area contributed by atoms with Crippen LogP contribution in [0, 0.1) is 0 Å². The minimum atomic E-state index is -1.46. The molecular formula is C37H48N10O15S2. The Labute approximate surface area is 372 Å². The Morgan fingerprint density at radius 3 is 1.58 bits per heavy atom. The number of thioether (sulfide) groups is 2. The first-order chi connectivity index (χ1) is 30.1. The molecule has 0 saturated carbocycles. The van der Waals surface area contributed by atoms with Crippen LogP contribution >= 0.6 is 23.5 Å². The second-order valence-electron chi connectivity index (χ2n) is 13.8. The van der Waals surface area contributed by atoms with Crippen LogP contribution in [0.3, 0.4) is 0 Å². The Balaban J connectivity index is 2.50. The highest BCUT2D eigenvalue weighted by Gasteiger charge is 2.30. The Morgan fingerprint density at radius 1 is 0.656 bits per heavy atom. The lowest BCUT2D eigenvalue weighted by atomic mass is 10.1. The minimum absolute atomic E-state index is 0.0349. The molecule has 6 atom stereocenters. The smallest absolute Gasteiger partial charge is 0.322 e. The third-order valence-electron chi connectivity index (χ3n) is 8.59. The van der Waals surface area contributed by atoms with Gasteiger partial charge in [-0.25, -0.2) is 19.9 Å². The number of Topliss-reactive ketones (excluding diaryl/α,β-unsaturated/α-hetero) is 3. The van der Waals surface area contributed by atoms with Crippen molar-refractivity contribution in [1.82, 2.24) is 41.2 Å². The molecule has 25 nitrogen and oxygen atoms in total. The van der Waals surface area contributed by atoms with Crippen molar-refractivity contribution < 1.29 is 73.2 Å². The average Bonchev–Trinajstić information content (AvgIpc) is 3.24. The first kappa shape index (κ1) is 53.7. The summed E-state index contributed by atoms with van der Waals surface area (Å²) < 4.78 is 0. The van der Waals surface area contributed by atoms with Gasteiger partial charge in [0, 0.05) is 57.2 Å². The Morgan fingerprint density at radius 2 is 1.12 bits per heavy atom. The molecule has 64 heavy (non-hydrogen) atoms. The van der Waals surface area contributed by atoms with Gasteiger partial charge in [-0.05, 0) is 25.0 Å². The fourth-order valence-corrected chi connectivity index (χ4v) is 7.64. The summed E-state index contributed by atoms with van der Waals surface area (Å²) in [5.41, 5.74) is 11.0. The monoisotopic (exact) mass is 936 g/mol. The van der Waals surface area contributed by atoms with E-state index in [0.29, 0.717) is 0 Å². The van der Waals surface area contributed by atoms with Crippen molar-refractivity contribution in [1.29, 1.82) is 0 Å². The van der Waals surface area contributed by atoms with Crippen LogP contribution in [0.15, 0.2) is 24.7 Å². The van der Waals surface area contributed by atoms with Gasteiger partial charge in [0.05, 0.1) is 16.2 Å². The van der Waals surface area contributed by atoms with E-state index in [0.717, 1.165) is 29.9 Å². The van der Waals surface area contributed by atoms with Gasteiger partial charge in [0.15, 0.2) is 11.6 Å². The van der Waals surface area contributed by atoms with Gasteiger partial charge in [-0.15, -0.1) is 23.5 Å². The maximum Gasteiger partial charge on any atom is 0.322 e. The van der Waals surface area contributed by atoms with Crippen LogP contribution < -0.4 is 32.7 Å². The molecule has 0 aromatic carbocycles. The Kier molecular flexibility index (Phi) is 22.6. The minimum Gasteiger partial charge on any atom is -0.480 e. The molecule has 27 heteroatoms. The van der Waals surface area contributed by atoms with E-state index in [2.05, 4.69) is 41.2 Å². The molecule has 0 saturated heterocycles. The molecule has 0 bridgehead atoms. The molecule has 0 aliphatic heterocycles.